The largest absolute Gasteiger partial charge is 0.478 e. The number of carboxylic acids is 1. The van der Waals surface area contributed by atoms with Crippen molar-refractivity contribution in [2.75, 3.05) is 11.9 Å². The van der Waals surface area contributed by atoms with Crippen molar-refractivity contribution in [2.45, 2.75) is 6.42 Å². The van der Waals surface area contributed by atoms with Gasteiger partial charge in [-0.25, -0.2) is 14.6 Å². The molecule has 0 saturated heterocycles. The van der Waals surface area contributed by atoms with E-state index in [-0.39, 0.29) is 11.6 Å². The number of nitrogens with zero attached hydrogens (tertiary/aromatic N) is 2. The molecule has 1 aromatic heterocycles. The minimum absolute atomic E-state index is 0.168. The van der Waals surface area contributed by atoms with Crippen molar-refractivity contribution in [3.63, 3.8) is 0 Å². The smallest absolute Gasteiger partial charge is 0.335 e. The topological polar surface area (TPSA) is 120 Å². The van der Waals surface area contributed by atoms with Gasteiger partial charge in [-0.2, -0.15) is 5.10 Å². The highest BCUT2D eigenvalue weighted by molar-refractivity contribution is 5.91. The van der Waals surface area contributed by atoms with Gasteiger partial charge in [-0.15, -0.1) is 0 Å². The van der Waals surface area contributed by atoms with E-state index in [0.29, 0.717) is 24.5 Å². The number of rotatable bonds is 5. The third-order valence-electron chi connectivity index (χ3n) is 2.50. The van der Waals surface area contributed by atoms with Gasteiger partial charge in [0.2, 0.25) is 0 Å². The molecule has 104 valence electrons. The number of carboxylic acid groups (broad SMARTS) is 1. The lowest BCUT2D eigenvalue weighted by Crippen LogP contribution is -2.30. The van der Waals surface area contributed by atoms with Gasteiger partial charge in [0.25, 0.3) is 0 Å². The summed E-state index contributed by atoms with van der Waals surface area (Å²) in [4.78, 5) is 26.2. The zero-order valence-corrected chi connectivity index (χ0v) is 10.5. The number of carbonyl (C=O) groups excluding carboxylic acids is 1. The van der Waals surface area contributed by atoms with Crippen LogP contribution in [0.15, 0.2) is 30.6 Å². The highest BCUT2D eigenvalue weighted by Gasteiger charge is 2.04. The number of hydrogen-bond acceptors (Lipinski definition) is 4. The number of aromatic nitrogens is 3. The summed E-state index contributed by atoms with van der Waals surface area (Å²) in [7, 11) is 0. The molecule has 1 heterocycles. The predicted molar refractivity (Wildman–Crippen MR) is 70.5 cm³/mol. The Labute approximate surface area is 114 Å². The van der Waals surface area contributed by atoms with E-state index in [0.717, 1.165) is 0 Å². The van der Waals surface area contributed by atoms with Crippen molar-refractivity contribution in [1.29, 1.82) is 0 Å². The molecule has 0 spiro atoms. The molecule has 2 rings (SSSR count). The number of aromatic amines is 1. The lowest BCUT2D eigenvalue weighted by molar-refractivity contribution is 0.0697. The summed E-state index contributed by atoms with van der Waals surface area (Å²) in [5.74, 6) is -0.316. The first-order valence-electron chi connectivity index (χ1n) is 5.87. The van der Waals surface area contributed by atoms with Crippen LogP contribution in [-0.2, 0) is 6.42 Å². The lowest BCUT2D eigenvalue weighted by atomic mass is 10.2. The minimum atomic E-state index is -1.01. The molecule has 0 atom stereocenters. The van der Waals surface area contributed by atoms with Crippen LogP contribution < -0.4 is 10.6 Å². The molecule has 0 bridgehead atoms. The number of nitrogens with one attached hydrogen (secondary N) is 3. The fourth-order valence-corrected chi connectivity index (χ4v) is 1.52. The van der Waals surface area contributed by atoms with Crippen LogP contribution in [-0.4, -0.2) is 38.8 Å². The summed E-state index contributed by atoms with van der Waals surface area (Å²) in [6, 6.07) is 5.53. The van der Waals surface area contributed by atoms with E-state index in [1.807, 2.05) is 0 Å². The number of anilines is 1. The Kier molecular flexibility index (Phi) is 4.28. The van der Waals surface area contributed by atoms with Gasteiger partial charge in [-0.1, -0.05) is 0 Å². The van der Waals surface area contributed by atoms with Crippen LogP contribution in [0, 0.1) is 0 Å². The highest BCUT2D eigenvalue weighted by Crippen LogP contribution is 2.09. The van der Waals surface area contributed by atoms with Crippen molar-refractivity contribution in [2.24, 2.45) is 0 Å². The molecule has 8 nitrogen and oxygen atoms in total. The Morgan fingerprint density at radius 3 is 2.60 bits per heavy atom. The second kappa shape index (κ2) is 6.32. The number of aromatic carboxylic acids is 1. The fraction of sp³-hybridized carbons (Fsp3) is 0.167. The maximum atomic E-state index is 11.6. The number of benzene rings is 1. The number of amides is 2. The zero-order chi connectivity index (χ0) is 14.4. The second-order valence-electron chi connectivity index (χ2n) is 3.95. The maximum absolute atomic E-state index is 11.6. The molecule has 0 unspecified atom stereocenters. The first-order chi connectivity index (χ1) is 9.65. The Morgan fingerprint density at radius 1 is 1.25 bits per heavy atom. The summed E-state index contributed by atoms with van der Waals surface area (Å²) in [5.41, 5.74) is 0.688. The molecular weight excluding hydrogens is 262 g/mol. The number of hydrogen-bond donors (Lipinski definition) is 4. The Morgan fingerprint density at radius 2 is 2.00 bits per heavy atom. The normalized spacial score (nSPS) is 10.0. The Bertz CT molecular complexity index is 580. The molecule has 2 aromatic rings. The van der Waals surface area contributed by atoms with Gasteiger partial charge in [0, 0.05) is 18.7 Å². The van der Waals surface area contributed by atoms with Crippen molar-refractivity contribution < 1.29 is 14.7 Å². The summed E-state index contributed by atoms with van der Waals surface area (Å²) in [6.07, 6.45) is 1.95. The first-order valence-corrected chi connectivity index (χ1v) is 5.87. The molecule has 20 heavy (non-hydrogen) atoms. The van der Waals surface area contributed by atoms with Crippen molar-refractivity contribution in [1.82, 2.24) is 20.5 Å². The zero-order valence-electron chi connectivity index (χ0n) is 10.5. The third-order valence-corrected chi connectivity index (χ3v) is 2.50. The monoisotopic (exact) mass is 275 g/mol. The molecule has 0 fully saturated rings. The van der Waals surface area contributed by atoms with Crippen molar-refractivity contribution >= 4 is 17.7 Å². The van der Waals surface area contributed by atoms with Crippen LogP contribution >= 0.6 is 0 Å². The quantitative estimate of drug-likeness (QED) is 0.645. The Hall–Kier alpha value is -2.90. The molecule has 0 saturated carbocycles. The van der Waals surface area contributed by atoms with E-state index in [1.54, 1.807) is 0 Å². The van der Waals surface area contributed by atoms with Gasteiger partial charge < -0.3 is 15.7 Å². The van der Waals surface area contributed by atoms with E-state index in [2.05, 4.69) is 25.8 Å². The summed E-state index contributed by atoms with van der Waals surface area (Å²) < 4.78 is 0. The number of urea groups is 1. The summed E-state index contributed by atoms with van der Waals surface area (Å²) in [5, 5.41) is 20.4. The molecule has 0 radical (unpaired) electrons. The van der Waals surface area contributed by atoms with E-state index in [1.165, 1.54) is 30.6 Å². The van der Waals surface area contributed by atoms with Crippen LogP contribution in [0.5, 0.6) is 0 Å². The predicted octanol–water partition coefficient (Wildman–Crippen LogP) is 0.867. The van der Waals surface area contributed by atoms with E-state index in [4.69, 9.17) is 5.11 Å². The van der Waals surface area contributed by atoms with Gasteiger partial charge >= 0.3 is 12.0 Å². The molecule has 8 heteroatoms. The van der Waals surface area contributed by atoms with Gasteiger partial charge in [0.1, 0.15) is 12.2 Å². The van der Waals surface area contributed by atoms with Crippen LogP contribution in [0.4, 0.5) is 10.5 Å². The van der Waals surface area contributed by atoms with Gasteiger partial charge in [0.05, 0.1) is 5.56 Å². The van der Waals surface area contributed by atoms with Crippen LogP contribution in [0.25, 0.3) is 0 Å². The average molecular weight is 275 g/mol. The molecule has 0 aliphatic carbocycles. The van der Waals surface area contributed by atoms with Crippen LogP contribution in [0.1, 0.15) is 16.2 Å². The van der Waals surface area contributed by atoms with Crippen LogP contribution in [0.2, 0.25) is 0 Å². The lowest BCUT2D eigenvalue weighted by Gasteiger charge is -2.07. The molecule has 0 aliphatic rings. The molecular formula is C12H13N5O3. The highest BCUT2D eigenvalue weighted by atomic mass is 16.4. The molecule has 2 amide bonds. The van der Waals surface area contributed by atoms with E-state index in [9.17, 15) is 9.59 Å². The summed E-state index contributed by atoms with van der Waals surface area (Å²) in [6.45, 7) is 0.411. The Balaban J connectivity index is 1.77. The van der Waals surface area contributed by atoms with Gasteiger partial charge in [0.15, 0.2) is 0 Å². The van der Waals surface area contributed by atoms with Crippen molar-refractivity contribution in [3.05, 3.63) is 42.0 Å². The number of H-pyrrole nitrogens is 1. The standard InChI is InChI=1S/C12H13N5O3/c18-11(19)8-1-3-9(4-2-8)16-12(20)13-6-5-10-14-7-15-17-10/h1-4,7H,5-6H2,(H,18,19)(H2,13,16,20)(H,14,15,17). The molecule has 1 aromatic carbocycles. The van der Waals surface area contributed by atoms with Gasteiger partial charge in [-0.3, -0.25) is 5.10 Å². The van der Waals surface area contributed by atoms with Crippen molar-refractivity contribution in [3.8, 4) is 0 Å². The SMILES string of the molecule is O=C(NCCc1ncn[nH]1)Nc1ccc(C(=O)O)cc1. The van der Waals surface area contributed by atoms with E-state index < -0.39 is 5.97 Å². The fourth-order valence-electron chi connectivity index (χ4n) is 1.52. The molecule has 4 N–H and O–H groups in total. The number of carbonyl (C=O) groups is 2. The first kappa shape index (κ1) is 13.5. The second-order valence-corrected chi connectivity index (χ2v) is 3.95. The molecule has 0 aliphatic heterocycles. The average Bonchev–Trinajstić information content (AvgIpc) is 2.92. The van der Waals surface area contributed by atoms with E-state index >= 15 is 0 Å². The van der Waals surface area contributed by atoms with Crippen LogP contribution in [0.3, 0.4) is 0 Å². The maximum Gasteiger partial charge on any atom is 0.335 e. The summed E-state index contributed by atoms with van der Waals surface area (Å²) >= 11 is 0. The minimum Gasteiger partial charge on any atom is -0.478 e. The third kappa shape index (κ3) is 3.80. The van der Waals surface area contributed by atoms with Gasteiger partial charge in [-0.05, 0) is 24.3 Å².